The molecule has 0 atom stereocenters. The molecule has 1 heterocycles. The maximum absolute atomic E-state index is 12.4. The molecule has 2 aromatic carbocycles. The van der Waals surface area contributed by atoms with Gasteiger partial charge in [0.1, 0.15) is 0 Å². The first-order valence-corrected chi connectivity index (χ1v) is 10.7. The molecule has 1 aromatic heterocycles. The first-order valence-electron chi connectivity index (χ1n) is 9.73. The molecule has 156 valence electrons. The minimum absolute atomic E-state index is 0.0725. The molecule has 7 heteroatoms. The Kier molecular flexibility index (Phi) is 6.95. The molecular weight excluding hydrogens is 396 g/mol. The molecule has 3 rings (SSSR count). The predicted octanol–water partition coefficient (Wildman–Crippen LogP) is 4.43. The van der Waals surface area contributed by atoms with E-state index in [4.69, 9.17) is 0 Å². The van der Waals surface area contributed by atoms with Gasteiger partial charge in [-0.05, 0) is 47.9 Å². The molecule has 1 N–H and O–H groups in total. The maximum Gasteiger partial charge on any atom is 0.253 e. The number of nitrogens with zero attached hydrogens (tertiary/aromatic N) is 3. The summed E-state index contributed by atoms with van der Waals surface area (Å²) in [5.41, 5.74) is 3.54. The van der Waals surface area contributed by atoms with E-state index >= 15 is 0 Å². The van der Waals surface area contributed by atoms with Crippen LogP contribution >= 0.6 is 11.8 Å². The molecule has 3 aromatic rings. The number of aromatic nitrogens is 2. The van der Waals surface area contributed by atoms with Crippen LogP contribution in [0.25, 0.3) is 5.69 Å². The number of thioether (sulfide) groups is 1. The van der Waals surface area contributed by atoms with E-state index in [0.717, 1.165) is 10.8 Å². The molecule has 0 aliphatic rings. The highest BCUT2D eigenvalue weighted by molar-refractivity contribution is 7.99. The maximum atomic E-state index is 12.4. The quantitative estimate of drug-likeness (QED) is 0.572. The fourth-order valence-electron chi connectivity index (χ4n) is 2.89. The number of benzene rings is 2. The number of amides is 2. The minimum atomic E-state index is -0.128. The summed E-state index contributed by atoms with van der Waals surface area (Å²) in [7, 11) is 3.41. The molecule has 0 spiro atoms. The summed E-state index contributed by atoms with van der Waals surface area (Å²) in [6.45, 7) is 4.33. The number of anilines is 1. The van der Waals surface area contributed by atoms with Gasteiger partial charge in [-0.3, -0.25) is 14.2 Å². The fourth-order valence-corrected chi connectivity index (χ4v) is 3.67. The first kappa shape index (κ1) is 21.6. The van der Waals surface area contributed by atoms with Crippen LogP contribution in [0.5, 0.6) is 0 Å². The first-order chi connectivity index (χ1) is 14.3. The van der Waals surface area contributed by atoms with Crippen LogP contribution in [0.15, 0.2) is 66.1 Å². The monoisotopic (exact) mass is 422 g/mol. The summed E-state index contributed by atoms with van der Waals surface area (Å²) in [5.74, 6) is 0.516. The zero-order valence-electron chi connectivity index (χ0n) is 17.6. The van der Waals surface area contributed by atoms with E-state index < -0.39 is 0 Å². The highest BCUT2D eigenvalue weighted by Gasteiger charge is 2.11. The Hall–Kier alpha value is -3.06. The van der Waals surface area contributed by atoms with Crippen molar-refractivity contribution in [2.75, 3.05) is 25.2 Å². The average molecular weight is 423 g/mol. The average Bonchev–Trinajstić information content (AvgIpc) is 3.21. The van der Waals surface area contributed by atoms with Crippen LogP contribution in [-0.4, -0.2) is 46.1 Å². The summed E-state index contributed by atoms with van der Waals surface area (Å²) in [6.07, 6.45) is 3.63. The topological polar surface area (TPSA) is 67.2 Å². The van der Waals surface area contributed by atoms with Gasteiger partial charge in [0.15, 0.2) is 5.16 Å². The van der Waals surface area contributed by atoms with E-state index in [0.29, 0.717) is 17.2 Å². The molecular formula is C23H26N4O2S. The number of carbonyl (C=O) groups is 2. The summed E-state index contributed by atoms with van der Waals surface area (Å²) in [4.78, 5) is 30.2. The summed E-state index contributed by atoms with van der Waals surface area (Å²) < 4.78 is 1.98. The second-order valence-corrected chi connectivity index (χ2v) is 8.38. The van der Waals surface area contributed by atoms with Crippen molar-refractivity contribution in [3.8, 4) is 5.69 Å². The van der Waals surface area contributed by atoms with E-state index in [1.165, 1.54) is 22.2 Å². The van der Waals surface area contributed by atoms with Gasteiger partial charge in [-0.2, -0.15) is 0 Å². The Morgan fingerprint density at radius 1 is 1.07 bits per heavy atom. The van der Waals surface area contributed by atoms with Crippen molar-refractivity contribution in [2.24, 2.45) is 0 Å². The van der Waals surface area contributed by atoms with Crippen LogP contribution in [0.4, 0.5) is 5.69 Å². The molecule has 30 heavy (non-hydrogen) atoms. The molecule has 0 fully saturated rings. The molecule has 0 aliphatic carbocycles. The van der Waals surface area contributed by atoms with Crippen molar-refractivity contribution in [1.29, 1.82) is 0 Å². The van der Waals surface area contributed by atoms with Crippen molar-refractivity contribution in [2.45, 2.75) is 24.9 Å². The second kappa shape index (κ2) is 9.63. The predicted molar refractivity (Wildman–Crippen MR) is 121 cm³/mol. The molecule has 0 aliphatic heterocycles. The van der Waals surface area contributed by atoms with Gasteiger partial charge in [-0.15, -0.1) is 0 Å². The summed E-state index contributed by atoms with van der Waals surface area (Å²) >= 11 is 1.38. The Balaban J connectivity index is 1.59. The molecule has 2 amide bonds. The van der Waals surface area contributed by atoms with Gasteiger partial charge in [-0.25, -0.2) is 4.98 Å². The Morgan fingerprint density at radius 3 is 2.33 bits per heavy atom. The van der Waals surface area contributed by atoms with Crippen LogP contribution in [0.1, 0.15) is 35.7 Å². The van der Waals surface area contributed by atoms with Crippen LogP contribution in [-0.2, 0) is 4.79 Å². The van der Waals surface area contributed by atoms with E-state index in [9.17, 15) is 9.59 Å². The van der Waals surface area contributed by atoms with E-state index in [-0.39, 0.29) is 17.6 Å². The van der Waals surface area contributed by atoms with Crippen molar-refractivity contribution in [3.63, 3.8) is 0 Å². The van der Waals surface area contributed by atoms with E-state index in [1.807, 2.05) is 10.8 Å². The molecule has 0 saturated carbocycles. The Morgan fingerprint density at radius 2 is 1.73 bits per heavy atom. The van der Waals surface area contributed by atoms with E-state index in [2.05, 4.69) is 48.4 Å². The molecule has 0 radical (unpaired) electrons. The molecule has 0 bridgehead atoms. The van der Waals surface area contributed by atoms with Crippen LogP contribution in [0.2, 0.25) is 0 Å². The second-order valence-electron chi connectivity index (χ2n) is 7.44. The van der Waals surface area contributed by atoms with Crippen molar-refractivity contribution in [1.82, 2.24) is 14.5 Å². The summed E-state index contributed by atoms with van der Waals surface area (Å²) in [6, 6.07) is 15.2. The Bertz CT molecular complexity index is 1010. The van der Waals surface area contributed by atoms with Gasteiger partial charge >= 0.3 is 0 Å². The smallest absolute Gasteiger partial charge is 0.253 e. The van der Waals surface area contributed by atoms with E-state index in [1.54, 1.807) is 44.6 Å². The van der Waals surface area contributed by atoms with Crippen molar-refractivity contribution < 1.29 is 9.59 Å². The number of rotatable bonds is 7. The van der Waals surface area contributed by atoms with Gasteiger partial charge in [0.25, 0.3) is 5.91 Å². The van der Waals surface area contributed by atoms with Gasteiger partial charge in [0, 0.05) is 43.4 Å². The number of nitrogens with one attached hydrogen (secondary N) is 1. The standard InChI is InChI=1S/C23H26N4O2S/c1-16(2)17-7-11-20(12-8-17)27-14-13-24-23(27)30-15-21(28)25-19-9-5-18(6-10-19)22(29)26(3)4/h5-14,16H,15H2,1-4H3,(H,25,28). The zero-order chi connectivity index (χ0) is 21.7. The zero-order valence-corrected chi connectivity index (χ0v) is 18.4. The lowest BCUT2D eigenvalue weighted by Gasteiger charge is -2.11. The third kappa shape index (κ3) is 5.30. The third-order valence-corrected chi connectivity index (χ3v) is 5.57. The number of hydrogen-bond donors (Lipinski definition) is 1. The SMILES string of the molecule is CC(C)c1ccc(-n2ccnc2SCC(=O)Nc2ccc(C(=O)N(C)C)cc2)cc1. The van der Waals surface area contributed by atoms with Crippen LogP contribution < -0.4 is 5.32 Å². The lowest BCUT2D eigenvalue weighted by molar-refractivity contribution is -0.113. The number of imidazole rings is 1. The third-order valence-electron chi connectivity index (χ3n) is 4.60. The minimum Gasteiger partial charge on any atom is -0.345 e. The fraction of sp³-hybridized carbons (Fsp3) is 0.261. The number of hydrogen-bond acceptors (Lipinski definition) is 4. The number of carbonyl (C=O) groups excluding carboxylic acids is 2. The van der Waals surface area contributed by atoms with Crippen molar-refractivity contribution in [3.05, 3.63) is 72.1 Å². The van der Waals surface area contributed by atoms with Crippen LogP contribution in [0, 0.1) is 0 Å². The largest absolute Gasteiger partial charge is 0.345 e. The van der Waals surface area contributed by atoms with Gasteiger partial charge < -0.3 is 10.2 Å². The molecule has 0 saturated heterocycles. The van der Waals surface area contributed by atoms with Crippen LogP contribution in [0.3, 0.4) is 0 Å². The highest BCUT2D eigenvalue weighted by atomic mass is 32.2. The van der Waals surface area contributed by atoms with Gasteiger partial charge in [0.2, 0.25) is 5.91 Å². The molecule has 6 nitrogen and oxygen atoms in total. The highest BCUT2D eigenvalue weighted by Crippen LogP contribution is 2.23. The van der Waals surface area contributed by atoms with Gasteiger partial charge in [0.05, 0.1) is 5.75 Å². The lowest BCUT2D eigenvalue weighted by atomic mass is 10.0. The lowest BCUT2D eigenvalue weighted by Crippen LogP contribution is -2.21. The Labute approximate surface area is 181 Å². The summed E-state index contributed by atoms with van der Waals surface area (Å²) in [5, 5.41) is 3.62. The van der Waals surface area contributed by atoms with Crippen molar-refractivity contribution >= 4 is 29.3 Å². The van der Waals surface area contributed by atoms with Gasteiger partial charge in [-0.1, -0.05) is 37.7 Å². The molecule has 0 unspecified atom stereocenters. The normalized spacial score (nSPS) is 10.8.